The fourth-order valence-corrected chi connectivity index (χ4v) is 3.22. The summed E-state index contributed by atoms with van der Waals surface area (Å²) in [5.41, 5.74) is 1.18. The summed E-state index contributed by atoms with van der Waals surface area (Å²) in [6, 6.07) is 10.2. The Morgan fingerprint density at radius 3 is 2.36 bits per heavy atom. The number of hydrogen-bond donors (Lipinski definition) is 0. The van der Waals surface area contributed by atoms with Crippen molar-refractivity contribution in [2.75, 3.05) is 31.6 Å². The number of sulfone groups is 1. The number of benzene rings is 1. The number of rotatable bonds is 4. The molecule has 2 atom stereocenters. The first kappa shape index (κ1) is 17.4. The van der Waals surface area contributed by atoms with Gasteiger partial charge in [-0.2, -0.15) is 0 Å². The third kappa shape index (κ3) is 5.07. The van der Waals surface area contributed by atoms with Gasteiger partial charge in [-0.15, -0.1) is 0 Å². The van der Waals surface area contributed by atoms with Crippen molar-refractivity contribution in [2.45, 2.75) is 33.0 Å². The Balaban J connectivity index is 2.14. The zero-order chi connectivity index (χ0) is 16.4. The van der Waals surface area contributed by atoms with E-state index in [2.05, 4.69) is 37.8 Å². The number of hydrogen-bond acceptors (Lipinski definition) is 4. The molecule has 4 nitrogen and oxygen atoms in total. The third-order valence-corrected chi connectivity index (χ3v) is 5.02. The number of nitrogens with zero attached hydrogens (tertiary/aromatic N) is 1. The van der Waals surface area contributed by atoms with Crippen molar-refractivity contribution in [1.29, 1.82) is 0 Å². The highest BCUT2D eigenvalue weighted by atomic mass is 32.2. The summed E-state index contributed by atoms with van der Waals surface area (Å²) in [4.78, 5) is 2.22. The Morgan fingerprint density at radius 2 is 1.82 bits per heavy atom. The summed E-state index contributed by atoms with van der Waals surface area (Å²) in [5.74, 6) is 0.200. The van der Waals surface area contributed by atoms with E-state index in [9.17, 15) is 8.42 Å². The van der Waals surface area contributed by atoms with Crippen molar-refractivity contribution in [3.63, 3.8) is 0 Å². The van der Waals surface area contributed by atoms with Gasteiger partial charge in [-0.3, -0.25) is 4.90 Å². The van der Waals surface area contributed by atoms with Gasteiger partial charge < -0.3 is 4.74 Å². The minimum Gasteiger partial charge on any atom is -0.367 e. The molecule has 1 aliphatic heterocycles. The number of morpholine rings is 1. The highest BCUT2D eigenvalue weighted by Gasteiger charge is 2.35. The van der Waals surface area contributed by atoms with Crippen molar-refractivity contribution in [2.24, 2.45) is 5.41 Å². The van der Waals surface area contributed by atoms with Gasteiger partial charge in [0.2, 0.25) is 0 Å². The minimum absolute atomic E-state index is 0.00117. The van der Waals surface area contributed by atoms with Gasteiger partial charge in [0.15, 0.2) is 0 Å². The smallest absolute Gasteiger partial charge is 0.148 e. The summed E-state index contributed by atoms with van der Waals surface area (Å²) in [7, 11) is -2.94. The highest BCUT2D eigenvalue weighted by Crippen LogP contribution is 2.33. The SMILES string of the molecule is CC(C)(C)[C@H]1CN(CCS(C)(=O)=O)C[C@@H](c2ccccc2)O1. The van der Waals surface area contributed by atoms with Crippen LogP contribution in [0.5, 0.6) is 0 Å². The molecule has 0 spiro atoms. The Bertz CT molecular complexity index is 578. The first-order chi connectivity index (χ1) is 10.1. The maximum atomic E-state index is 11.4. The average Bonchev–Trinajstić information content (AvgIpc) is 2.44. The quantitative estimate of drug-likeness (QED) is 0.853. The molecule has 0 saturated carbocycles. The lowest BCUT2D eigenvalue weighted by Gasteiger charge is -2.43. The molecule has 5 heteroatoms. The maximum absolute atomic E-state index is 11.4. The first-order valence-corrected chi connectivity index (χ1v) is 9.82. The molecule has 1 fully saturated rings. The van der Waals surface area contributed by atoms with Crippen LogP contribution in [0.1, 0.15) is 32.4 Å². The Morgan fingerprint density at radius 1 is 1.18 bits per heavy atom. The highest BCUT2D eigenvalue weighted by molar-refractivity contribution is 7.90. The molecular formula is C17H27NO3S. The maximum Gasteiger partial charge on any atom is 0.148 e. The fraction of sp³-hybridized carbons (Fsp3) is 0.647. The topological polar surface area (TPSA) is 46.6 Å². The van der Waals surface area contributed by atoms with E-state index in [4.69, 9.17) is 4.74 Å². The van der Waals surface area contributed by atoms with Gasteiger partial charge in [-0.1, -0.05) is 51.1 Å². The van der Waals surface area contributed by atoms with Crippen molar-refractivity contribution in [1.82, 2.24) is 4.90 Å². The van der Waals surface area contributed by atoms with E-state index in [-0.39, 0.29) is 23.4 Å². The fourth-order valence-electron chi connectivity index (χ4n) is 2.64. The zero-order valence-electron chi connectivity index (χ0n) is 14.0. The molecule has 0 radical (unpaired) electrons. The van der Waals surface area contributed by atoms with Crippen LogP contribution in [0.25, 0.3) is 0 Å². The third-order valence-electron chi connectivity index (χ3n) is 4.09. The molecule has 2 rings (SSSR count). The van der Waals surface area contributed by atoms with Gasteiger partial charge in [0, 0.05) is 25.9 Å². The average molecular weight is 325 g/mol. The standard InChI is InChI=1S/C17H27NO3S/c1-17(2,3)16-13-18(10-11-22(4,19)20)12-15(21-16)14-8-6-5-7-9-14/h5-9,15-16H,10-13H2,1-4H3/t15-,16+/m0/s1. The molecule has 1 saturated heterocycles. The second-order valence-electron chi connectivity index (χ2n) is 7.28. The van der Waals surface area contributed by atoms with Crippen LogP contribution in [-0.4, -0.2) is 51.1 Å². The van der Waals surface area contributed by atoms with Gasteiger partial charge in [0.05, 0.1) is 18.0 Å². The molecule has 1 aliphatic rings. The van der Waals surface area contributed by atoms with Gasteiger partial charge in [0.25, 0.3) is 0 Å². The summed E-state index contributed by atoms with van der Waals surface area (Å²) >= 11 is 0. The zero-order valence-corrected chi connectivity index (χ0v) is 14.8. The van der Waals surface area contributed by atoms with Gasteiger partial charge in [-0.05, 0) is 11.0 Å². The summed E-state index contributed by atoms with van der Waals surface area (Å²) in [6.07, 6.45) is 1.38. The second kappa shape index (κ2) is 6.69. The van der Waals surface area contributed by atoms with E-state index in [1.165, 1.54) is 6.26 Å². The molecule has 0 amide bonds. The number of ether oxygens (including phenoxy) is 1. The van der Waals surface area contributed by atoms with E-state index in [0.717, 1.165) is 18.7 Å². The van der Waals surface area contributed by atoms with Crippen molar-refractivity contribution in [3.8, 4) is 0 Å². The van der Waals surface area contributed by atoms with Crippen LogP contribution < -0.4 is 0 Å². The van der Waals surface area contributed by atoms with Crippen molar-refractivity contribution < 1.29 is 13.2 Å². The summed E-state index contributed by atoms with van der Waals surface area (Å²) in [5, 5.41) is 0. The molecule has 1 aromatic carbocycles. The first-order valence-electron chi connectivity index (χ1n) is 7.75. The monoisotopic (exact) mass is 325 g/mol. The lowest BCUT2D eigenvalue weighted by atomic mass is 9.87. The van der Waals surface area contributed by atoms with Crippen molar-refractivity contribution in [3.05, 3.63) is 35.9 Å². The van der Waals surface area contributed by atoms with E-state index < -0.39 is 9.84 Å². The van der Waals surface area contributed by atoms with Gasteiger partial charge in [0.1, 0.15) is 9.84 Å². The lowest BCUT2D eigenvalue weighted by Crippen LogP contribution is -2.50. The Hall–Kier alpha value is -0.910. The van der Waals surface area contributed by atoms with Crippen LogP contribution in [0.2, 0.25) is 0 Å². The van der Waals surface area contributed by atoms with Crippen LogP contribution in [0.4, 0.5) is 0 Å². The van der Waals surface area contributed by atoms with Gasteiger partial charge >= 0.3 is 0 Å². The molecule has 0 bridgehead atoms. The summed E-state index contributed by atoms with van der Waals surface area (Å²) in [6.45, 7) is 8.59. The van der Waals surface area contributed by atoms with Crippen molar-refractivity contribution >= 4 is 9.84 Å². The minimum atomic E-state index is -2.94. The van der Waals surface area contributed by atoms with E-state index in [1.54, 1.807) is 0 Å². The summed E-state index contributed by atoms with van der Waals surface area (Å²) < 4.78 is 29.2. The van der Waals surface area contributed by atoms with Crippen LogP contribution in [0.15, 0.2) is 30.3 Å². The van der Waals surface area contributed by atoms with E-state index >= 15 is 0 Å². The molecule has 0 aliphatic carbocycles. The molecule has 0 N–H and O–H groups in total. The molecule has 0 aromatic heterocycles. The van der Waals surface area contributed by atoms with E-state index in [0.29, 0.717) is 6.54 Å². The molecule has 0 unspecified atom stereocenters. The Kier molecular flexibility index (Phi) is 5.30. The van der Waals surface area contributed by atoms with Crippen LogP contribution in [-0.2, 0) is 14.6 Å². The van der Waals surface area contributed by atoms with Gasteiger partial charge in [-0.25, -0.2) is 8.42 Å². The van der Waals surface area contributed by atoms with Crippen LogP contribution >= 0.6 is 0 Å². The largest absolute Gasteiger partial charge is 0.367 e. The molecule has 1 heterocycles. The molecular weight excluding hydrogens is 298 g/mol. The van der Waals surface area contributed by atoms with Crippen LogP contribution in [0.3, 0.4) is 0 Å². The predicted octanol–water partition coefficient (Wildman–Crippen LogP) is 2.52. The predicted molar refractivity (Wildman–Crippen MR) is 89.7 cm³/mol. The van der Waals surface area contributed by atoms with E-state index in [1.807, 2.05) is 18.2 Å². The second-order valence-corrected chi connectivity index (χ2v) is 9.54. The van der Waals surface area contributed by atoms with Crippen LogP contribution in [0, 0.1) is 5.41 Å². The lowest BCUT2D eigenvalue weighted by molar-refractivity contribution is -0.127. The molecule has 22 heavy (non-hydrogen) atoms. The molecule has 1 aromatic rings. The normalized spacial score (nSPS) is 24.4. The molecule has 124 valence electrons. The Labute approximate surface area is 134 Å².